The van der Waals surface area contributed by atoms with E-state index in [4.69, 9.17) is 4.98 Å². The number of hydrogen-bond donors (Lipinski definition) is 1. The van der Waals surface area contributed by atoms with Crippen LogP contribution >= 0.6 is 22.6 Å². The number of pyridine rings is 1. The molecule has 1 saturated carbocycles. The molecule has 0 atom stereocenters. The van der Waals surface area contributed by atoms with Crippen molar-refractivity contribution in [1.82, 2.24) is 20.1 Å². The van der Waals surface area contributed by atoms with Gasteiger partial charge in [0, 0.05) is 24.5 Å². The zero-order chi connectivity index (χ0) is 13.9. The summed E-state index contributed by atoms with van der Waals surface area (Å²) < 4.78 is 2.99. The van der Waals surface area contributed by atoms with Crippen molar-refractivity contribution in [2.75, 3.05) is 0 Å². The molecule has 1 N–H and O–H groups in total. The molecule has 5 heteroatoms. The first kappa shape index (κ1) is 14.0. The average Bonchev–Trinajstić information content (AvgIpc) is 3.17. The molecule has 1 fully saturated rings. The van der Waals surface area contributed by atoms with E-state index in [2.05, 4.69) is 52.1 Å². The first-order valence-corrected chi connectivity index (χ1v) is 8.26. The van der Waals surface area contributed by atoms with Gasteiger partial charge in [-0.3, -0.25) is 0 Å². The molecule has 20 heavy (non-hydrogen) atoms. The second-order valence-electron chi connectivity index (χ2n) is 5.33. The highest BCUT2D eigenvalue weighted by molar-refractivity contribution is 14.1. The minimum absolute atomic E-state index is 0.729. The number of halogens is 1. The van der Waals surface area contributed by atoms with Crippen LogP contribution in [0.3, 0.4) is 0 Å². The van der Waals surface area contributed by atoms with Crippen LogP contribution in [0.5, 0.6) is 0 Å². The Kier molecular flexibility index (Phi) is 4.35. The number of nitrogens with zero attached hydrogens (tertiary/aromatic N) is 3. The third-order valence-corrected chi connectivity index (χ3v) is 3.95. The summed E-state index contributed by atoms with van der Waals surface area (Å²) in [5.41, 5.74) is 2.46. The third-order valence-electron chi connectivity index (χ3n) is 3.39. The van der Waals surface area contributed by atoms with Crippen molar-refractivity contribution >= 4 is 22.6 Å². The van der Waals surface area contributed by atoms with Gasteiger partial charge in [0.25, 0.3) is 0 Å². The van der Waals surface area contributed by atoms with Gasteiger partial charge < -0.3 is 5.32 Å². The summed E-state index contributed by atoms with van der Waals surface area (Å²) >= 11 is 2.27. The molecule has 0 saturated heterocycles. The fraction of sp³-hybridized carbons (Fsp3) is 0.467. The number of hydrogen-bond acceptors (Lipinski definition) is 3. The van der Waals surface area contributed by atoms with Gasteiger partial charge in [-0.2, -0.15) is 5.10 Å². The van der Waals surface area contributed by atoms with Crippen LogP contribution in [-0.2, 0) is 13.0 Å². The monoisotopic (exact) mass is 382 g/mol. The number of rotatable bonds is 6. The van der Waals surface area contributed by atoms with Gasteiger partial charge in [-0.25, -0.2) is 9.67 Å². The molecule has 0 amide bonds. The van der Waals surface area contributed by atoms with E-state index in [1.54, 1.807) is 0 Å². The lowest BCUT2D eigenvalue weighted by atomic mass is 10.1. The second-order valence-corrected chi connectivity index (χ2v) is 6.58. The lowest BCUT2D eigenvalue weighted by Crippen LogP contribution is -2.16. The van der Waals surface area contributed by atoms with Gasteiger partial charge in [0.05, 0.1) is 9.77 Å². The van der Waals surface area contributed by atoms with E-state index in [1.165, 1.54) is 18.4 Å². The highest BCUT2D eigenvalue weighted by Crippen LogP contribution is 2.20. The minimum Gasteiger partial charge on any atom is -0.310 e. The maximum absolute atomic E-state index is 4.72. The normalized spacial score (nSPS) is 14.7. The topological polar surface area (TPSA) is 42.7 Å². The first-order chi connectivity index (χ1) is 9.74. The molecule has 4 nitrogen and oxygen atoms in total. The zero-order valence-electron chi connectivity index (χ0n) is 11.6. The van der Waals surface area contributed by atoms with Gasteiger partial charge in [-0.15, -0.1) is 0 Å². The number of aromatic nitrogens is 3. The quantitative estimate of drug-likeness (QED) is 0.781. The molecule has 2 aromatic rings. The predicted molar refractivity (Wildman–Crippen MR) is 87.9 cm³/mol. The van der Waals surface area contributed by atoms with E-state index in [1.807, 2.05) is 17.1 Å². The molecule has 1 aliphatic carbocycles. The van der Waals surface area contributed by atoms with E-state index in [9.17, 15) is 0 Å². The summed E-state index contributed by atoms with van der Waals surface area (Å²) in [7, 11) is 0. The molecule has 3 rings (SSSR count). The highest BCUT2D eigenvalue weighted by Gasteiger charge is 2.20. The molecule has 0 aliphatic heterocycles. The highest BCUT2D eigenvalue weighted by atomic mass is 127. The smallest absolute Gasteiger partial charge is 0.153 e. The van der Waals surface area contributed by atoms with Crippen LogP contribution in [0.1, 0.15) is 37.4 Å². The maximum atomic E-state index is 4.72. The summed E-state index contributed by atoms with van der Waals surface area (Å²) in [6, 6.07) is 5.08. The van der Waals surface area contributed by atoms with Gasteiger partial charge in [0.15, 0.2) is 5.82 Å². The zero-order valence-corrected chi connectivity index (χ0v) is 13.8. The van der Waals surface area contributed by atoms with Crippen molar-refractivity contribution in [2.24, 2.45) is 0 Å². The summed E-state index contributed by atoms with van der Waals surface area (Å²) in [4.78, 5) is 4.72. The molecule has 106 valence electrons. The van der Waals surface area contributed by atoms with E-state index in [0.717, 1.165) is 40.5 Å². The Morgan fingerprint density at radius 2 is 2.25 bits per heavy atom. The van der Waals surface area contributed by atoms with Crippen LogP contribution in [0.25, 0.3) is 5.82 Å². The van der Waals surface area contributed by atoms with Crippen molar-refractivity contribution in [3.8, 4) is 5.82 Å². The van der Waals surface area contributed by atoms with Gasteiger partial charge in [0.1, 0.15) is 0 Å². The largest absolute Gasteiger partial charge is 0.310 e. The molecule has 0 unspecified atom stereocenters. The molecular weight excluding hydrogens is 363 g/mol. The lowest BCUT2D eigenvalue weighted by Gasteiger charge is -2.09. The van der Waals surface area contributed by atoms with E-state index in [0.29, 0.717) is 0 Å². The first-order valence-electron chi connectivity index (χ1n) is 7.18. The Morgan fingerprint density at radius 3 is 2.90 bits per heavy atom. The molecule has 0 radical (unpaired) electrons. The van der Waals surface area contributed by atoms with Crippen molar-refractivity contribution in [3.05, 3.63) is 39.4 Å². The fourth-order valence-electron chi connectivity index (χ4n) is 2.21. The molecule has 1 aliphatic rings. The van der Waals surface area contributed by atoms with Gasteiger partial charge in [-0.05, 0) is 59.5 Å². The van der Waals surface area contributed by atoms with Crippen LogP contribution in [0.15, 0.2) is 24.5 Å². The second kappa shape index (κ2) is 6.22. The SMILES string of the molecule is CCCc1cc(CNC2CC2)cc(-n2cc(I)cn2)n1. The van der Waals surface area contributed by atoms with Crippen molar-refractivity contribution in [2.45, 2.75) is 45.2 Å². The van der Waals surface area contributed by atoms with Gasteiger partial charge >= 0.3 is 0 Å². The standard InChI is InChI=1S/C15H19IN4/c1-2-3-14-6-11(8-17-13-4-5-13)7-15(19-14)20-10-12(16)9-18-20/h6-7,9-10,13,17H,2-5,8H2,1H3. The Balaban J connectivity index is 1.86. The predicted octanol–water partition coefficient (Wildman–Crippen LogP) is 3.08. The van der Waals surface area contributed by atoms with E-state index in [-0.39, 0.29) is 0 Å². The van der Waals surface area contributed by atoms with Crippen molar-refractivity contribution < 1.29 is 0 Å². The lowest BCUT2D eigenvalue weighted by molar-refractivity contribution is 0.683. The Hall–Kier alpha value is -0.950. The molecule has 0 spiro atoms. The Bertz CT molecular complexity index is 589. The Labute approximate surface area is 133 Å². The van der Waals surface area contributed by atoms with Gasteiger partial charge in [0.2, 0.25) is 0 Å². The van der Waals surface area contributed by atoms with Gasteiger partial charge in [-0.1, -0.05) is 13.3 Å². The molecule has 0 bridgehead atoms. The average molecular weight is 382 g/mol. The molecular formula is C15H19IN4. The van der Waals surface area contributed by atoms with E-state index < -0.39 is 0 Å². The molecule has 2 aromatic heterocycles. The van der Waals surface area contributed by atoms with Crippen molar-refractivity contribution in [3.63, 3.8) is 0 Å². The van der Waals surface area contributed by atoms with Crippen LogP contribution in [0, 0.1) is 3.57 Å². The van der Waals surface area contributed by atoms with Crippen LogP contribution in [-0.4, -0.2) is 20.8 Å². The molecule has 0 aromatic carbocycles. The number of aryl methyl sites for hydroxylation is 1. The third kappa shape index (κ3) is 3.58. The van der Waals surface area contributed by atoms with Crippen molar-refractivity contribution in [1.29, 1.82) is 0 Å². The van der Waals surface area contributed by atoms with Crippen LogP contribution in [0.2, 0.25) is 0 Å². The fourth-order valence-corrected chi connectivity index (χ4v) is 2.60. The van der Waals surface area contributed by atoms with Crippen LogP contribution < -0.4 is 5.32 Å². The van der Waals surface area contributed by atoms with E-state index >= 15 is 0 Å². The minimum atomic E-state index is 0.729. The summed E-state index contributed by atoms with van der Waals surface area (Å²) in [6.07, 6.45) is 8.63. The maximum Gasteiger partial charge on any atom is 0.153 e. The number of nitrogens with one attached hydrogen (secondary N) is 1. The summed E-state index contributed by atoms with van der Waals surface area (Å²) in [6.45, 7) is 3.11. The van der Waals surface area contributed by atoms with Crippen LogP contribution in [0.4, 0.5) is 0 Å². The Morgan fingerprint density at radius 1 is 1.40 bits per heavy atom. The summed E-state index contributed by atoms with van der Waals surface area (Å²) in [5, 5.41) is 7.93. The molecule has 2 heterocycles. The summed E-state index contributed by atoms with van der Waals surface area (Å²) in [5.74, 6) is 0.923.